The standard InChI is InChI=1S/C24H25N5O4S/c1-16(23(30)25-20-8-4-6-17-5-2-3-7-19(17)20)28-11-13-29(14-12-28)34(32,33)18-9-10-21-22(15-18)27-24(31)26-21/h2-10,15-16H,11-14H2,1H3,(H,25,30)(H2,26,27,31)/t16-/m0/s1. The van der Waals surface area contributed by atoms with E-state index in [9.17, 15) is 18.0 Å². The summed E-state index contributed by atoms with van der Waals surface area (Å²) in [5.74, 6) is -0.130. The van der Waals surface area contributed by atoms with Crippen LogP contribution in [-0.2, 0) is 14.8 Å². The molecule has 9 nitrogen and oxygen atoms in total. The highest BCUT2D eigenvalue weighted by Gasteiger charge is 2.32. The summed E-state index contributed by atoms with van der Waals surface area (Å²) in [6, 6.07) is 17.8. The molecule has 176 valence electrons. The van der Waals surface area contributed by atoms with E-state index < -0.39 is 16.1 Å². The van der Waals surface area contributed by atoms with E-state index in [-0.39, 0.29) is 29.6 Å². The first-order chi connectivity index (χ1) is 16.3. The molecule has 0 spiro atoms. The van der Waals surface area contributed by atoms with E-state index in [0.29, 0.717) is 24.1 Å². The van der Waals surface area contributed by atoms with Crippen LogP contribution in [0.3, 0.4) is 0 Å². The molecule has 2 heterocycles. The number of hydrogen-bond acceptors (Lipinski definition) is 5. The summed E-state index contributed by atoms with van der Waals surface area (Å²) < 4.78 is 27.7. The van der Waals surface area contributed by atoms with Crippen molar-refractivity contribution in [3.05, 3.63) is 71.1 Å². The summed E-state index contributed by atoms with van der Waals surface area (Å²) in [5, 5.41) is 5.05. The van der Waals surface area contributed by atoms with Gasteiger partial charge in [-0.05, 0) is 36.6 Å². The molecule has 0 saturated carbocycles. The van der Waals surface area contributed by atoms with Crippen LogP contribution in [0.25, 0.3) is 21.8 Å². The van der Waals surface area contributed by atoms with Crippen molar-refractivity contribution in [1.82, 2.24) is 19.2 Å². The quantitative estimate of drug-likeness (QED) is 0.406. The number of nitrogens with zero attached hydrogens (tertiary/aromatic N) is 2. The van der Waals surface area contributed by atoms with Gasteiger partial charge in [-0.25, -0.2) is 13.2 Å². The van der Waals surface area contributed by atoms with Gasteiger partial charge in [-0.15, -0.1) is 0 Å². The number of aromatic nitrogens is 2. The average molecular weight is 480 g/mol. The average Bonchev–Trinajstić information content (AvgIpc) is 3.23. The molecule has 3 N–H and O–H groups in total. The fourth-order valence-electron chi connectivity index (χ4n) is 4.39. The molecule has 0 unspecified atom stereocenters. The number of rotatable bonds is 5. The number of sulfonamides is 1. The molecule has 5 rings (SSSR count). The smallest absolute Gasteiger partial charge is 0.323 e. The molecule has 0 aliphatic carbocycles. The van der Waals surface area contributed by atoms with Crippen molar-refractivity contribution in [3.63, 3.8) is 0 Å². The van der Waals surface area contributed by atoms with Crippen molar-refractivity contribution in [2.24, 2.45) is 0 Å². The van der Waals surface area contributed by atoms with Gasteiger partial charge in [0.1, 0.15) is 0 Å². The number of hydrogen-bond donors (Lipinski definition) is 3. The minimum Gasteiger partial charge on any atom is -0.324 e. The van der Waals surface area contributed by atoms with Gasteiger partial charge in [0.15, 0.2) is 0 Å². The summed E-state index contributed by atoms with van der Waals surface area (Å²) in [5.41, 5.74) is 1.38. The number of fused-ring (bicyclic) bond motifs is 2. The fraction of sp³-hybridized carbons (Fsp3) is 0.250. The van der Waals surface area contributed by atoms with Crippen molar-refractivity contribution >= 4 is 43.4 Å². The van der Waals surface area contributed by atoms with E-state index in [1.54, 1.807) is 6.07 Å². The predicted molar refractivity (Wildman–Crippen MR) is 131 cm³/mol. The lowest BCUT2D eigenvalue weighted by Gasteiger charge is -2.36. The molecule has 0 radical (unpaired) electrons. The molecule has 4 aromatic rings. The van der Waals surface area contributed by atoms with Crippen molar-refractivity contribution in [1.29, 1.82) is 0 Å². The van der Waals surface area contributed by atoms with Gasteiger partial charge in [-0.3, -0.25) is 9.69 Å². The number of anilines is 1. The number of piperazine rings is 1. The zero-order valence-electron chi connectivity index (χ0n) is 18.6. The first-order valence-corrected chi connectivity index (χ1v) is 12.5. The zero-order valence-corrected chi connectivity index (χ0v) is 19.4. The second-order valence-corrected chi connectivity index (χ2v) is 10.4. The molecule has 1 saturated heterocycles. The Hall–Kier alpha value is -3.47. The molecule has 1 fully saturated rings. The molecular weight excluding hydrogens is 454 g/mol. The van der Waals surface area contributed by atoms with Crippen LogP contribution in [0.4, 0.5) is 5.69 Å². The molecule has 1 atom stereocenters. The normalized spacial score (nSPS) is 16.6. The monoisotopic (exact) mass is 479 g/mol. The number of nitrogens with one attached hydrogen (secondary N) is 3. The van der Waals surface area contributed by atoms with Crippen LogP contribution in [0.1, 0.15) is 6.92 Å². The van der Waals surface area contributed by atoms with E-state index >= 15 is 0 Å². The molecule has 1 aliphatic heterocycles. The minimum absolute atomic E-state index is 0.130. The van der Waals surface area contributed by atoms with Crippen LogP contribution in [0.5, 0.6) is 0 Å². The van der Waals surface area contributed by atoms with Crippen molar-refractivity contribution in [3.8, 4) is 0 Å². The van der Waals surface area contributed by atoms with E-state index in [4.69, 9.17) is 0 Å². The van der Waals surface area contributed by atoms with E-state index in [1.165, 1.54) is 16.4 Å². The van der Waals surface area contributed by atoms with Crippen molar-refractivity contribution in [2.45, 2.75) is 17.9 Å². The Labute approximate surface area is 196 Å². The number of imidazole rings is 1. The van der Waals surface area contributed by atoms with E-state index in [0.717, 1.165) is 16.5 Å². The Morgan fingerprint density at radius 1 is 0.941 bits per heavy atom. The second-order valence-electron chi connectivity index (χ2n) is 8.42. The van der Waals surface area contributed by atoms with E-state index in [1.807, 2.05) is 54.3 Å². The first kappa shape index (κ1) is 22.3. The second kappa shape index (κ2) is 8.71. The third-order valence-corrected chi connectivity index (χ3v) is 8.27. The van der Waals surface area contributed by atoms with Gasteiger partial charge in [-0.1, -0.05) is 36.4 Å². The SMILES string of the molecule is C[C@@H](C(=O)Nc1cccc2ccccc12)N1CCN(S(=O)(=O)c2ccc3[nH]c(=O)[nH]c3c2)CC1. The largest absolute Gasteiger partial charge is 0.324 e. The fourth-order valence-corrected chi connectivity index (χ4v) is 5.84. The number of H-pyrrole nitrogens is 2. The molecule has 3 aromatic carbocycles. The number of carbonyl (C=O) groups is 1. The Balaban J connectivity index is 1.25. The number of carbonyl (C=O) groups excluding carboxylic acids is 1. The first-order valence-electron chi connectivity index (χ1n) is 11.1. The molecule has 1 aliphatic rings. The molecular formula is C24H25N5O4S. The predicted octanol–water partition coefficient (Wildman–Crippen LogP) is 2.34. The van der Waals surface area contributed by atoms with Gasteiger partial charge >= 0.3 is 5.69 Å². The van der Waals surface area contributed by atoms with Crippen LogP contribution in [-0.4, -0.2) is 65.7 Å². The van der Waals surface area contributed by atoms with Crippen LogP contribution in [0, 0.1) is 0 Å². The Bertz CT molecular complexity index is 1530. The van der Waals surface area contributed by atoms with Gasteiger partial charge in [0, 0.05) is 37.3 Å². The summed E-state index contributed by atoms with van der Waals surface area (Å²) in [4.78, 5) is 31.8. The highest BCUT2D eigenvalue weighted by molar-refractivity contribution is 7.89. The number of benzene rings is 3. The lowest BCUT2D eigenvalue weighted by Crippen LogP contribution is -2.53. The topological polar surface area (TPSA) is 118 Å². The maximum absolute atomic E-state index is 13.1. The number of amides is 1. The van der Waals surface area contributed by atoms with Gasteiger partial charge < -0.3 is 15.3 Å². The Kier molecular flexibility index (Phi) is 5.72. The Morgan fingerprint density at radius 2 is 1.65 bits per heavy atom. The van der Waals surface area contributed by atoms with Crippen LogP contribution >= 0.6 is 0 Å². The summed E-state index contributed by atoms with van der Waals surface area (Å²) >= 11 is 0. The molecule has 10 heteroatoms. The summed E-state index contributed by atoms with van der Waals surface area (Å²) in [6.45, 7) is 3.26. The maximum atomic E-state index is 13.1. The maximum Gasteiger partial charge on any atom is 0.323 e. The van der Waals surface area contributed by atoms with Crippen LogP contribution in [0.2, 0.25) is 0 Å². The minimum atomic E-state index is -3.72. The summed E-state index contributed by atoms with van der Waals surface area (Å²) in [6.07, 6.45) is 0. The van der Waals surface area contributed by atoms with Crippen molar-refractivity contribution < 1.29 is 13.2 Å². The van der Waals surface area contributed by atoms with Crippen molar-refractivity contribution in [2.75, 3.05) is 31.5 Å². The highest BCUT2D eigenvalue weighted by atomic mass is 32.2. The molecule has 34 heavy (non-hydrogen) atoms. The van der Waals surface area contributed by atoms with Gasteiger partial charge in [0.25, 0.3) is 0 Å². The van der Waals surface area contributed by atoms with Gasteiger partial charge in [0.05, 0.1) is 22.0 Å². The van der Waals surface area contributed by atoms with E-state index in [2.05, 4.69) is 15.3 Å². The summed E-state index contributed by atoms with van der Waals surface area (Å²) in [7, 11) is -3.72. The van der Waals surface area contributed by atoms with Crippen LogP contribution in [0.15, 0.2) is 70.4 Å². The van der Waals surface area contributed by atoms with Crippen LogP contribution < -0.4 is 11.0 Å². The highest BCUT2D eigenvalue weighted by Crippen LogP contribution is 2.24. The van der Waals surface area contributed by atoms with Gasteiger partial charge in [-0.2, -0.15) is 4.31 Å². The lowest BCUT2D eigenvalue weighted by atomic mass is 10.1. The molecule has 0 bridgehead atoms. The third kappa shape index (κ3) is 4.11. The third-order valence-electron chi connectivity index (χ3n) is 6.37. The van der Waals surface area contributed by atoms with Gasteiger partial charge in [0.2, 0.25) is 15.9 Å². The molecule has 1 amide bonds. The lowest BCUT2D eigenvalue weighted by molar-refractivity contribution is -0.121. The number of aromatic amines is 2. The zero-order chi connectivity index (χ0) is 23.9. The Morgan fingerprint density at radius 3 is 2.44 bits per heavy atom. The molecule has 1 aromatic heterocycles.